The molecule has 0 amide bonds. The van der Waals surface area contributed by atoms with Crippen LogP contribution >= 0.6 is 15.9 Å². The summed E-state index contributed by atoms with van der Waals surface area (Å²) in [5.41, 5.74) is 2.01. The van der Waals surface area contributed by atoms with Crippen LogP contribution in [0.1, 0.15) is 37.7 Å². The number of nitrogens with zero attached hydrogens (tertiary/aromatic N) is 4. The van der Waals surface area contributed by atoms with Crippen LogP contribution in [0.15, 0.2) is 29.3 Å². The summed E-state index contributed by atoms with van der Waals surface area (Å²) in [6.07, 6.45) is 8.08. The number of hydrogen-bond donors (Lipinski definition) is 1. The predicted octanol–water partition coefficient (Wildman–Crippen LogP) is 2.54. The van der Waals surface area contributed by atoms with Gasteiger partial charge in [-0.05, 0) is 28.9 Å². The Morgan fingerprint density at radius 2 is 2.16 bits per heavy atom. The Morgan fingerprint density at radius 3 is 2.79 bits per heavy atom. The zero-order chi connectivity index (χ0) is 13.7. The van der Waals surface area contributed by atoms with Crippen molar-refractivity contribution in [2.75, 3.05) is 6.54 Å². The second-order valence-electron chi connectivity index (χ2n) is 4.22. The van der Waals surface area contributed by atoms with Gasteiger partial charge in [-0.1, -0.05) is 13.8 Å². The molecule has 6 heteroatoms. The van der Waals surface area contributed by atoms with Crippen molar-refractivity contribution in [2.45, 2.75) is 32.9 Å². The lowest BCUT2D eigenvalue weighted by Crippen LogP contribution is -2.26. The van der Waals surface area contributed by atoms with E-state index in [0.717, 1.165) is 35.4 Å². The van der Waals surface area contributed by atoms with Gasteiger partial charge in [-0.3, -0.25) is 14.6 Å². The summed E-state index contributed by atoms with van der Waals surface area (Å²) in [6.45, 7) is 5.97. The van der Waals surface area contributed by atoms with Crippen LogP contribution in [-0.2, 0) is 6.54 Å². The molecule has 0 spiro atoms. The molecular formula is C13H18BrN5. The minimum atomic E-state index is 0.00197. The third-order valence-corrected chi connectivity index (χ3v) is 3.44. The molecule has 102 valence electrons. The maximum atomic E-state index is 4.42. The van der Waals surface area contributed by atoms with Crippen LogP contribution in [-0.4, -0.2) is 26.3 Å². The summed E-state index contributed by atoms with van der Waals surface area (Å²) >= 11 is 3.58. The molecule has 2 heterocycles. The van der Waals surface area contributed by atoms with Crippen LogP contribution < -0.4 is 5.32 Å². The van der Waals surface area contributed by atoms with Gasteiger partial charge >= 0.3 is 0 Å². The molecule has 1 unspecified atom stereocenters. The van der Waals surface area contributed by atoms with E-state index in [1.807, 2.05) is 10.9 Å². The summed E-state index contributed by atoms with van der Waals surface area (Å²) in [7, 11) is 0. The van der Waals surface area contributed by atoms with Crippen molar-refractivity contribution in [3.05, 3.63) is 40.6 Å². The second-order valence-corrected chi connectivity index (χ2v) is 5.08. The zero-order valence-electron chi connectivity index (χ0n) is 11.2. The Balaban J connectivity index is 2.42. The largest absolute Gasteiger partial charge is 0.304 e. The molecular weight excluding hydrogens is 306 g/mol. The highest BCUT2D eigenvalue weighted by Gasteiger charge is 2.22. The van der Waals surface area contributed by atoms with Crippen molar-refractivity contribution in [3.8, 4) is 0 Å². The Hall–Kier alpha value is -1.27. The van der Waals surface area contributed by atoms with Gasteiger partial charge in [-0.15, -0.1) is 0 Å². The Morgan fingerprint density at radius 1 is 1.32 bits per heavy atom. The first-order valence-electron chi connectivity index (χ1n) is 6.48. The second kappa shape index (κ2) is 6.77. The highest BCUT2D eigenvalue weighted by molar-refractivity contribution is 9.10. The first kappa shape index (κ1) is 14.1. The van der Waals surface area contributed by atoms with Gasteiger partial charge in [0.05, 0.1) is 34.3 Å². The van der Waals surface area contributed by atoms with E-state index in [1.54, 1.807) is 18.6 Å². The van der Waals surface area contributed by atoms with Crippen molar-refractivity contribution >= 4 is 15.9 Å². The molecule has 0 radical (unpaired) electrons. The molecule has 2 aromatic rings. The third kappa shape index (κ3) is 3.19. The molecule has 19 heavy (non-hydrogen) atoms. The van der Waals surface area contributed by atoms with Crippen molar-refractivity contribution in [3.63, 3.8) is 0 Å². The predicted molar refractivity (Wildman–Crippen MR) is 77.8 cm³/mol. The van der Waals surface area contributed by atoms with Crippen molar-refractivity contribution in [1.82, 2.24) is 25.1 Å². The summed E-state index contributed by atoms with van der Waals surface area (Å²) in [4.78, 5) is 8.56. The third-order valence-electron chi connectivity index (χ3n) is 2.83. The lowest BCUT2D eigenvalue weighted by molar-refractivity contribution is 0.512. The molecule has 0 fully saturated rings. The Bertz CT molecular complexity index is 511. The fraction of sp³-hybridized carbons (Fsp3) is 0.462. The van der Waals surface area contributed by atoms with E-state index in [0.29, 0.717) is 0 Å². The first-order chi connectivity index (χ1) is 9.27. The quantitative estimate of drug-likeness (QED) is 0.887. The average molecular weight is 324 g/mol. The van der Waals surface area contributed by atoms with Gasteiger partial charge in [0.1, 0.15) is 0 Å². The van der Waals surface area contributed by atoms with Crippen LogP contribution in [0.5, 0.6) is 0 Å². The Kier molecular flexibility index (Phi) is 5.04. The molecule has 0 bridgehead atoms. The summed E-state index contributed by atoms with van der Waals surface area (Å²) < 4.78 is 3.02. The van der Waals surface area contributed by atoms with Gasteiger partial charge in [0.2, 0.25) is 0 Å². The monoisotopic (exact) mass is 323 g/mol. The van der Waals surface area contributed by atoms with Gasteiger partial charge in [0.15, 0.2) is 0 Å². The van der Waals surface area contributed by atoms with Crippen molar-refractivity contribution in [2.24, 2.45) is 0 Å². The molecule has 2 rings (SSSR count). The molecule has 5 nitrogen and oxygen atoms in total. The number of aryl methyl sites for hydroxylation is 1. The van der Waals surface area contributed by atoms with Crippen molar-refractivity contribution in [1.29, 1.82) is 0 Å². The smallest absolute Gasteiger partial charge is 0.0949 e. The maximum Gasteiger partial charge on any atom is 0.0949 e. The number of aromatic nitrogens is 4. The minimum Gasteiger partial charge on any atom is -0.304 e. The lowest BCUT2D eigenvalue weighted by atomic mass is 10.1. The van der Waals surface area contributed by atoms with Crippen molar-refractivity contribution < 1.29 is 0 Å². The standard InChI is InChI=1S/C13H18BrN5/c1-3-7-19-13(10(14)8-18-19)12(16-4-2)11-9-15-5-6-17-11/h5-6,8-9,12,16H,3-4,7H2,1-2H3. The molecule has 1 atom stereocenters. The molecule has 0 aromatic carbocycles. The molecule has 0 aliphatic heterocycles. The SMILES string of the molecule is CCCn1ncc(Br)c1C(NCC)c1cnccn1. The van der Waals surface area contributed by atoms with E-state index in [1.165, 1.54) is 0 Å². The molecule has 2 aromatic heterocycles. The number of hydrogen-bond acceptors (Lipinski definition) is 4. The number of nitrogens with one attached hydrogen (secondary N) is 1. The van der Waals surface area contributed by atoms with Crippen LogP contribution in [0.25, 0.3) is 0 Å². The molecule has 0 aliphatic rings. The van der Waals surface area contributed by atoms with Gasteiger partial charge in [0.25, 0.3) is 0 Å². The molecule has 0 saturated carbocycles. The maximum absolute atomic E-state index is 4.42. The van der Waals surface area contributed by atoms with Crippen LogP contribution in [0, 0.1) is 0 Å². The van der Waals surface area contributed by atoms with Gasteiger partial charge in [-0.2, -0.15) is 5.10 Å². The average Bonchev–Trinajstić information content (AvgIpc) is 2.79. The van der Waals surface area contributed by atoms with E-state index < -0.39 is 0 Å². The Labute approximate surface area is 121 Å². The van der Waals surface area contributed by atoms with Crippen LogP contribution in [0.3, 0.4) is 0 Å². The van der Waals surface area contributed by atoms with E-state index >= 15 is 0 Å². The molecule has 1 N–H and O–H groups in total. The van der Waals surface area contributed by atoms with E-state index in [-0.39, 0.29) is 6.04 Å². The summed E-state index contributed by atoms with van der Waals surface area (Å²) in [5, 5.41) is 7.86. The first-order valence-corrected chi connectivity index (χ1v) is 7.27. The normalized spacial score (nSPS) is 12.6. The topological polar surface area (TPSA) is 55.6 Å². The summed E-state index contributed by atoms with van der Waals surface area (Å²) in [6, 6.07) is 0.00197. The molecule has 0 aliphatic carbocycles. The minimum absolute atomic E-state index is 0.00197. The summed E-state index contributed by atoms with van der Waals surface area (Å²) in [5.74, 6) is 0. The van der Waals surface area contributed by atoms with Gasteiger partial charge in [-0.25, -0.2) is 0 Å². The van der Waals surface area contributed by atoms with Gasteiger partial charge < -0.3 is 5.32 Å². The van der Waals surface area contributed by atoms with Crippen LogP contribution in [0.4, 0.5) is 0 Å². The zero-order valence-corrected chi connectivity index (χ0v) is 12.8. The molecule has 0 saturated heterocycles. The lowest BCUT2D eigenvalue weighted by Gasteiger charge is -2.19. The number of rotatable bonds is 6. The van der Waals surface area contributed by atoms with Crippen LogP contribution in [0.2, 0.25) is 0 Å². The highest BCUT2D eigenvalue weighted by atomic mass is 79.9. The van der Waals surface area contributed by atoms with E-state index in [2.05, 4.69) is 50.2 Å². The number of halogens is 1. The fourth-order valence-electron chi connectivity index (χ4n) is 2.05. The van der Waals surface area contributed by atoms with E-state index in [4.69, 9.17) is 0 Å². The highest BCUT2D eigenvalue weighted by Crippen LogP contribution is 2.27. The van der Waals surface area contributed by atoms with Gasteiger partial charge in [0, 0.05) is 18.9 Å². The fourth-order valence-corrected chi connectivity index (χ4v) is 2.58. The van der Waals surface area contributed by atoms with E-state index in [9.17, 15) is 0 Å².